The van der Waals surface area contributed by atoms with Gasteiger partial charge < -0.3 is 14.6 Å². The van der Waals surface area contributed by atoms with Crippen molar-refractivity contribution >= 4 is 23.5 Å². The number of hydrogen-bond donors (Lipinski definition) is 1. The maximum Gasteiger partial charge on any atom is 0.344 e. The van der Waals surface area contributed by atoms with E-state index in [1.165, 1.54) is 0 Å². The molecule has 0 fully saturated rings. The number of amides is 1. The molecule has 1 amide bonds. The predicted octanol–water partition coefficient (Wildman–Crippen LogP) is 2.98. The van der Waals surface area contributed by atoms with Gasteiger partial charge in [0, 0.05) is 11.6 Å². The van der Waals surface area contributed by atoms with E-state index in [0.717, 1.165) is 0 Å². The number of carbonyl (C=O) groups is 2. The Kier molecular flexibility index (Phi) is 5.39. The number of aryl methyl sites for hydroxylation is 1. The molecular formula is C16H17ClN2O4. The molecule has 2 aromatic rings. The van der Waals surface area contributed by atoms with Crippen LogP contribution in [0.2, 0.25) is 5.02 Å². The average molecular weight is 337 g/mol. The van der Waals surface area contributed by atoms with Crippen LogP contribution < -0.4 is 5.32 Å². The summed E-state index contributed by atoms with van der Waals surface area (Å²) < 4.78 is 10.1. The zero-order valence-corrected chi connectivity index (χ0v) is 13.8. The summed E-state index contributed by atoms with van der Waals surface area (Å²) >= 11 is 6.13. The second-order valence-electron chi connectivity index (χ2n) is 5.24. The van der Waals surface area contributed by atoms with Gasteiger partial charge in [-0.15, -0.1) is 0 Å². The Morgan fingerprint density at radius 3 is 2.70 bits per heavy atom. The summed E-state index contributed by atoms with van der Waals surface area (Å²) in [7, 11) is 0. The van der Waals surface area contributed by atoms with E-state index in [9.17, 15) is 9.59 Å². The number of nitrogens with one attached hydrogen (secondary N) is 1. The molecule has 2 rings (SSSR count). The fourth-order valence-corrected chi connectivity index (χ4v) is 2.24. The minimum absolute atomic E-state index is 0.0304. The molecule has 0 saturated carbocycles. The topological polar surface area (TPSA) is 81.4 Å². The predicted molar refractivity (Wildman–Crippen MR) is 85.2 cm³/mol. The number of ether oxygens (including phenoxy) is 1. The van der Waals surface area contributed by atoms with Crippen molar-refractivity contribution in [2.24, 2.45) is 0 Å². The van der Waals surface area contributed by atoms with Gasteiger partial charge in [-0.25, -0.2) is 4.79 Å². The molecule has 1 aromatic heterocycles. The molecule has 6 nitrogen and oxygen atoms in total. The standard InChI is InChI=1S/C16H17ClN2O4/c1-9(2)18-13(20)8-22-16(21)14-10(3)23-19-15(14)11-6-4-5-7-12(11)17/h4-7,9H,8H2,1-3H3,(H,18,20). The van der Waals surface area contributed by atoms with Gasteiger partial charge in [-0.2, -0.15) is 0 Å². The molecule has 1 aromatic carbocycles. The molecule has 0 aliphatic rings. The van der Waals surface area contributed by atoms with Crippen molar-refractivity contribution in [3.63, 3.8) is 0 Å². The van der Waals surface area contributed by atoms with Crippen LogP contribution in [0.1, 0.15) is 30.0 Å². The van der Waals surface area contributed by atoms with Gasteiger partial charge >= 0.3 is 5.97 Å². The van der Waals surface area contributed by atoms with E-state index in [4.69, 9.17) is 20.9 Å². The summed E-state index contributed by atoms with van der Waals surface area (Å²) in [6.45, 7) is 4.86. The highest BCUT2D eigenvalue weighted by Gasteiger charge is 2.24. The first-order chi connectivity index (χ1) is 10.9. The van der Waals surface area contributed by atoms with E-state index in [1.54, 1.807) is 31.2 Å². The first-order valence-corrected chi connectivity index (χ1v) is 7.45. The van der Waals surface area contributed by atoms with E-state index < -0.39 is 5.97 Å². The number of esters is 1. The molecule has 0 radical (unpaired) electrons. The Bertz CT molecular complexity index is 725. The molecule has 7 heteroatoms. The van der Waals surface area contributed by atoms with Crippen molar-refractivity contribution in [1.82, 2.24) is 10.5 Å². The highest BCUT2D eigenvalue weighted by atomic mass is 35.5. The Balaban J connectivity index is 2.20. The Hall–Kier alpha value is -2.34. The maximum absolute atomic E-state index is 12.3. The molecule has 0 bridgehead atoms. The summed E-state index contributed by atoms with van der Waals surface area (Å²) in [5, 5.41) is 6.96. The lowest BCUT2D eigenvalue weighted by molar-refractivity contribution is -0.124. The first-order valence-electron chi connectivity index (χ1n) is 7.07. The summed E-state index contributed by atoms with van der Waals surface area (Å²) in [5.74, 6) is -0.756. The fraction of sp³-hybridized carbons (Fsp3) is 0.312. The van der Waals surface area contributed by atoms with Crippen molar-refractivity contribution in [3.05, 3.63) is 40.6 Å². The Morgan fingerprint density at radius 2 is 2.04 bits per heavy atom. The van der Waals surface area contributed by atoms with Crippen molar-refractivity contribution in [1.29, 1.82) is 0 Å². The third-order valence-corrected chi connectivity index (χ3v) is 3.31. The fourth-order valence-electron chi connectivity index (χ4n) is 2.02. The summed E-state index contributed by atoms with van der Waals surface area (Å²) in [5.41, 5.74) is 1.02. The van der Waals surface area contributed by atoms with Gasteiger partial charge in [0.15, 0.2) is 6.61 Å². The van der Waals surface area contributed by atoms with Crippen LogP contribution in [0.5, 0.6) is 0 Å². The van der Waals surface area contributed by atoms with E-state index in [0.29, 0.717) is 22.0 Å². The second kappa shape index (κ2) is 7.28. The Morgan fingerprint density at radius 1 is 1.35 bits per heavy atom. The number of benzene rings is 1. The summed E-state index contributed by atoms with van der Waals surface area (Å²) in [4.78, 5) is 23.8. The van der Waals surface area contributed by atoms with Gasteiger partial charge in [-0.3, -0.25) is 4.79 Å². The maximum atomic E-state index is 12.3. The highest BCUT2D eigenvalue weighted by Crippen LogP contribution is 2.31. The molecule has 122 valence electrons. The van der Waals surface area contributed by atoms with Crippen LogP contribution in [0.3, 0.4) is 0 Å². The number of rotatable bonds is 5. The number of halogens is 1. The number of hydrogen-bond acceptors (Lipinski definition) is 5. The van der Waals surface area contributed by atoms with Crippen LogP contribution in [0.15, 0.2) is 28.8 Å². The van der Waals surface area contributed by atoms with Crippen LogP contribution >= 0.6 is 11.6 Å². The lowest BCUT2D eigenvalue weighted by atomic mass is 10.1. The number of aromatic nitrogens is 1. The Labute approximate surface area is 138 Å². The molecule has 0 unspecified atom stereocenters. The smallest absolute Gasteiger partial charge is 0.344 e. The lowest BCUT2D eigenvalue weighted by Crippen LogP contribution is -2.34. The van der Waals surface area contributed by atoms with Crippen LogP contribution in [-0.2, 0) is 9.53 Å². The minimum atomic E-state index is -0.683. The van der Waals surface area contributed by atoms with Crippen molar-refractivity contribution in [2.45, 2.75) is 26.8 Å². The monoisotopic (exact) mass is 336 g/mol. The van der Waals surface area contributed by atoms with E-state index >= 15 is 0 Å². The number of nitrogens with zero attached hydrogens (tertiary/aromatic N) is 1. The van der Waals surface area contributed by atoms with Crippen molar-refractivity contribution < 1.29 is 18.8 Å². The minimum Gasteiger partial charge on any atom is -0.452 e. The largest absolute Gasteiger partial charge is 0.452 e. The van der Waals surface area contributed by atoms with Gasteiger partial charge in [0.05, 0.1) is 5.02 Å². The molecule has 0 aliphatic heterocycles. The first kappa shape index (κ1) is 17.0. The normalized spacial score (nSPS) is 10.7. The van der Waals surface area contributed by atoms with Crippen LogP contribution in [-0.4, -0.2) is 29.7 Å². The molecule has 1 heterocycles. The third-order valence-electron chi connectivity index (χ3n) is 2.98. The zero-order valence-electron chi connectivity index (χ0n) is 13.1. The highest BCUT2D eigenvalue weighted by molar-refractivity contribution is 6.33. The average Bonchev–Trinajstić information content (AvgIpc) is 2.86. The molecular weight excluding hydrogens is 320 g/mol. The van der Waals surface area contributed by atoms with E-state index in [1.807, 2.05) is 13.8 Å². The van der Waals surface area contributed by atoms with Crippen molar-refractivity contribution in [3.8, 4) is 11.3 Å². The van der Waals surface area contributed by atoms with E-state index in [-0.39, 0.29) is 24.1 Å². The molecule has 0 saturated heterocycles. The summed E-state index contributed by atoms with van der Waals surface area (Å²) in [6.07, 6.45) is 0. The number of carbonyl (C=O) groups excluding carboxylic acids is 2. The molecule has 0 atom stereocenters. The molecule has 23 heavy (non-hydrogen) atoms. The molecule has 1 N–H and O–H groups in total. The molecule has 0 aliphatic carbocycles. The van der Waals surface area contributed by atoms with Crippen LogP contribution in [0.25, 0.3) is 11.3 Å². The zero-order chi connectivity index (χ0) is 17.0. The van der Waals surface area contributed by atoms with Gasteiger partial charge in [0.25, 0.3) is 5.91 Å². The van der Waals surface area contributed by atoms with Gasteiger partial charge in [-0.05, 0) is 26.8 Å². The second-order valence-corrected chi connectivity index (χ2v) is 5.65. The van der Waals surface area contributed by atoms with Crippen LogP contribution in [0.4, 0.5) is 0 Å². The van der Waals surface area contributed by atoms with E-state index in [2.05, 4.69) is 10.5 Å². The summed E-state index contributed by atoms with van der Waals surface area (Å²) in [6, 6.07) is 6.93. The van der Waals surface area contributed by atoms with Gasteiger partial charge in [0.2, 0.25) is 0 Å². The van der Waals surface area contributed by atoms with Gasteiger partial charge in [-0.1, -0.05) is 35.0 Å². The van der Waals surface area contributed by atoms with Crippen molar-refractivity contribution in [2.75, 3.05) is 6.61 Å². The quantitative estimate of drug-likeness (QED) is 0.849. The van der Waals surface area contributed by atoms with Crippen LogP contribution in [0, 0.1) is 6.92 Å². The van der Waals surface area contributed by atoms with Gasteiger partial charge in [0.1, 0.15) is 17.0 Å². The SMILES string of the molecule is Cc1onc(-c2ccccc2Cl)c1C(=O)OCC(=O)NC(C)C. The lowest BCUT2D eigenvalue weighted by Gasteiger charge is -2.09. The molecule has 0 spiro atoms. The third kappa shape index (κ3) is 4.10.